The Labute approximate surface area is 526 Å². The van der Waals surface area contributed by atoms with E-state index in [0.29, 0.717) is 19.4 Å². The summed E-state index contributed by atoms with van der Waals surface area (Å²) in [6.45, 7) is 4.96. The Morgan fingerprint density at radius 1 is 0.321 bits per heavy atom. The monoisotopic (exact) mass is 1180 g/mol. The lowest BCUT2D eigenvalue weighted by atomic mass is 10.0. The van der Waals surface area contributed by atoms with Gasteiger partial charge in [0.05, 0.1) is 25.4 Å². The molecule has 2 atom stereocenters. The summed E-state index contributed by atoms with van der Waals surface area (Å²) < 4.78 is 5.51. The number of carbonyl (C=O) groups excluding carboxylic acids is 2. The quantitative estimate of drug-likeness (QED) is 0.0320. The van der Waals surface area contributed by atoms with Gasteiger partial charge in [-0.05, 0) is 57.8 Å². The fraction of sp³-hybridized carbons (Fsp3) is 0.923. The van der Waals surface area contributed by atoms with Crippen LogP contribution in [0.4, 0.5) is 0 Å². The maximum atomic E-state index is 12.5. The molecule has 0 aromatic heterocycles. The van der Waals surface area contributed by atoms with Gasteiger partial charge < -0.3 is 20.3 Å². The Hall–Kier alpha value is -1.66. The van der Waals surface area contributed by atoms with E-state index in [1.807, 2.05) is 6.08 Å². The van der Waals surface area contributed by atoms with Crippen molar-refractivity contribution in [3.63, 3.8) is 0 Å². The van der Waals surface area contributed by atoms with Gasteiger partial charge in [-0.1, -0.05) is 391 Å². The molecule has 498 valence electrons. The molecule has 0 aliphatic heterocycles. The SMILES string of the molecule is CCCCCCCCCCCCCCCCCCCCCCCCC/C=C/C(O)C(CO)NC(=O)CCCCCCCCCCC/C=C\CCCCCCCCCCCCCCOC(=O)CCCCCCCCCCCCCCCCCCC. The van der Waals surface area contributed by atoms with E-state index in [0.717, 1.165) is 38.5 Å². The van der Waals surface area contributed by atoms with E-state index in [9.17, 15) is 19.8 Å². The number of ether oxygens (including phenoxy) is 1. The molecule has 0 saturated heterocycles. The summed E-state index contributed by atoms with van der Waals surface area (Å²) in [4.78, 5) is 24.7. The number of nitrogens with one attached hydrogen (secondary N) is 1. The van der Waals surface area contributed by atoms with E-state index < -0.39 is 12.1 Å². The summed E-state index contributed by atoms with van der Waals surface area (Å²) in [7, 11) is 0. The first-order valence-electron chi connectivity index (χ1n) is 38.6. The number of unbranched alkanes of at least 4 members (excludes halogenated alkanes) is 60. The third kappa shape index (κ3) is 69.4. The number of carbonyl (C=O) groups is 2. The van der Waals surface area contributed by atoms with Crippen molar-refractivity contribution in [2.75, 3.05) is 13.2 Å². The smallest absolute Gasteiger partial charge is 0.305 e. The summed E-state index contributed by atoms with van der Waals surface area (Å²) in [5.41, 5.74) is 0. The molecule has 0 saturated carbocycles. The highest BCUT2D eigenvalue weighted by molar-refractivity contribution is 5.76. The molecule has 0 aliphatic carbocycles. The lowest BCUT2D eigenvalue weighted by Gasteiger charge is -2.20. The van der Waals surface area contributed by atoms with Gasteiger partial charge in [0.1, 0.15) is 0 Å². The number of hydrogen-bond acceptors (Lipinski definition) is 5. The van der Waals surface area contributed by atoms with Crippen LogP contribution in [0.1, 0.15) is 438 Å². The molecule has 0 fully saturated rings. The average Bonchev–Trinajstić information content (AvgIpc) is 3.51. The lowest BCUT2D eigenvalue weighted by Crippen LogP contribution is -2.45. The predicted octanol–water partition coefficient (Wildman–Crippen LogP) is 25.3. The largest absolute Gasteiger partial charge is 0.466 e. The lowest BCUT2D eigenvalue weighted by molar-refractivity contribution is -0.143. The second-order valence-corrected chi connectivity index (χ2v) is 26.7. The summed E-state index contributed by atoms with van der Waals surface area (Å²) in [6.07, 6.45) is 94.3. The molecular weight excluding hydrogens is 1030 g/mol. The number of hydrogen-bond donors (Lipinski definition) is 3. The summed E-state index contributed by atoms with van der Waals surface area (Å²) in [6, 6.07) is -0.632. The average molecular weight is 1180 g/mol. The fourth-order valence-corrected chi connectivity index (χ4v) is 12.3. The van der Waals surface area contributed by atoms with Crippen molar-refractivity contribution in [1.82, 2.24) is 5.32 Å². The molecule has 3 N–H and O–H groups in total. The number of aliphatic hydroxyl groups excluding tert-OH is 2. The predicted molar refractivity (Wildman–Crippen MR) is 370 cm³/mol. The van der Waals surface area contributed by atoms with Crippen molar-refractivity contribution >= 4 is 11.9 Å². The highest BCUT2D eigenvalue weighted by atomic mass is 16.5. The van der Waals surface area contributed by atoms with E-state index in [2.05, 4.69) is 31.3 Å². The van der Waals surface area contributed by atoms with E-state index in [1.165, 1.54) is 372 Å². The number of rotatable bonds is 73. The molecule has 0 aliphatic rings. The van der Waals surface area contributed by atoms with Gasteiger partial charge >= 0.3 is 5.97 Å². The van der Waals surface area contributed by atoms with Crippen molar-refractivity contribution in [2.45, 2.75) is 450 Å². The zero-order valence-electron chi connectivity index (χ0n) is 57.2. The van der Waals surface area contributed by atoms with Crippen LogP contribution in [0.25, 0.3) is 0 Å². The minimum atomic E-state index is -0.848. The summed E-state index contributed by atoms with van der Waals surface area (Å²) >= 11 is 0. The van der Waals surface area contributed by atoms with Crippen molar-refractivity contribution < 1.29 is 24.5 Å². The summed E-state index contributed by atoms with van der Waals surface area (Å²) in [5.74, 6) is -0.0478. The molecule has 0 spiro atoms. The van der Waals surface area contributed by atoms with Crippen molar-refractivity contribution in [1.29, 1.82) is 0 Å². The second kappa shape index (κ2) is 73.8. The Kier molecular flexibility index (Phi) is 72.3. The minimum absolute atomic E-state index is 0.0181. The first-order chi connectivity index (χ1) is 41.5. The standard InChI is InChI=1S/C78H151NO5/c1-3-5-7-9-11-13-15-17-19-21-22-23-24-26-29-32-35-39-42-46-50-54-58-62-66-70-76(81)75(74-80)79-77(82)71-67-63-59-55-51-47-43-40-36-33-30-27-25-28-31-34-37-41-45-49-53-57-61-65-69-73-84-78(83)72-68-64-60-56-52-48-44-38-20-18-16-14-12-10-8-6-4-2/h27,30,66,70,75-76,80-81H,3-26,28-29,31-65,67-69,71-74H2,1-2H3,(H,79,82)/b30-27-,70-66+. The zero-order chi connectivity index (χ0) is 60.6. The molecule has 1 amide bonds. The minimum Gasteiger partial charge on any atom is -0.466 e. The number of allylic oxidation sites excluding steroid dienone is 3. The summed E-state index contributed by atoms with van der Waals surface area (Å²) in [5, 5.41) is 23.3. The van der Waals surface area contributed by atoms with Gasteiger partial charge in [0, 0.05) is 12.8 Å². The molecule has 2 unspecified atom stereocenters. The maximum Gasteiger partial charge on any atom is 0.305 e. The van der Waals surface area contributed by atoms with Gasteiger partial charge in [0.2, 0.25) is 5.91 Å². The maximum absolute atomic E-state index is 12.5. The molecule has 0 bridgehead atoms. The van der Waals surface area contributed by atoms with Crippen LogP contribution in [0.15, 0.2) is 24.3 Å². The molecule has 6 nitrogen and oxygen atoms in total. The van der Waals surface area contributed by atoms with E-state index in [1.54, 1.807) is 6.08 Å². The van der Waals surface area contributed by atoms with Crippen LogP contribution in [0.2, 0.25) is 0 Å². The first kappa shape index (κ1) is 82.3. The van der Waals surface area contributed by atoms with Crippen LogP contribution in [0, 0.1) is 0 Å². The van der Waals surface area contributed by atoms with Gasteiger partial charge in [-0.25, -0.2) is 0 Å². The molecule has 84 heavy (non-hydrogen) atoms. The van der Waals surface area contributed by atoms with Crippen LogP contribution >= 0.6 is 0 Å². The molecule has 0 rings (SSSR count). The highest BCUT2D eigenvalue weighted by Crippen LogP contribution is 2.20. The van der Waals surface area contributed by atoms with E-state index in [4.69, 9.17) is 4.74 Å². The van der Waals surface area contributed by atoms with Crippen LogP contribution in [-0.4, -0.2) is 47.4 Å². The zero-order valence-corrected chi connectivity index (χ0v) is 57.2. The Morgan fingerprint density at radius 3 is 0.845 bits per heavy atom. The van der Waals surface area contributed by atoms with Crippen molar-refractivity contribution in [3.05, 3.63) is 24.3 Å². The molecule has 0 aromatic rings. The molecule has 0 heterocycles. The third-order valence-corrected chi connectivity index (χ3v) is 18.2. The topological polar surface area (TPSA) is 95.9 Å². The van der Waals surface area contributed by atoms with Crippen molar-refractivity contribution in [2.24, 2.45) is 0 Å². The third-order valence-electron chi connectivity index (χ3n) is 18.2. The van der Waals surface area contributed by atoms with Gasteiger partial charge in [-0.15, -0.1) is 0 Å². The second-order valence-electron chi connectivity index (χ2n) is 26.7. The van der Waals surface area contributed by atoms with Crippen LogP contribution < -0.4 is 5.32 Å². The van der Waals surface area contributed by atoms with E-state index >= 15 is 0 Å². The first-order valence-corrected chi connectivity index (χ1v) is 38.6. The Morgan fingerprint density at radius 2 is 0.560 bits per heavy atom. The van der Waals surface area contributed by atoms with Crippen molar-refractivity contribution in [3.8, 4) is 0 Å². The molecular formula is C78H151NO5. The number of aliphatic hydroxyl groups is 2. The fourth-order valence-electron chi connectivity index (χ4n) is 12.3. The van der Waals surface area contributed by atoms with Crippen LogP contribution in [0.5, 0.6) is 0 Å². The Bertz CT molecular complexity index is 1320. The molecule has 0 radical (unpaired) electrons. The van der Waals surface area contributed by atoms with Gasteiger partial charge in [0.15, 0.2) is 0 Å². The normalized spacial score (nSPS) is 12.6. The molecule has 0 aromatic carbocycles. The van der Waals surface area contributed by atoms with E-state index in [-0.39, 0.29) is 18.5 Å². The number of esters is 1. The molecule has 6 heteroatoms. The van der Waals surface area contributed by atoms with Crippen LogP contribution in [-0.2, 0) is 14.3 Å². The van der Waals surface area contributed by atoms with Gasteiger partial charge in [-0.2, -0.15) is 0 Å². The highest BCUT2D eigenvalue weighted by Gasteiger charge is 2.18. The van der Waals surface area contributed by atoms with Crippen LogP contribution in [0.3, 0.4) is 0 Å². The van der Waals surface area contributed by atoms with Gasteiger partial charge in [-0.3, -0.25) is 9.59 Å². The van der Waals surface area contributed by atoms with Gasteiger partial charge in [0.25, 0.3) is 0 Å². The Balaban J connectivity index is 3.41. The number of amides is 1.